The Labute approximate surface area is 414 Å². The fourth-order valence-electron chi connectivity index (χ4n) is 7.59. The third-order valence-corrected chi connectivity index (χ3v) is 11.8. The van der Waals surface area contributed by atoms with Gasteiger partial charge in [-0.2, -0.15) is 0 Å². The lowest BCUT2D eigenvalue weighted by atomic mass is 10.1. The predicted octanol–water partition coefficient (Wildman–Crippen LogP) is 18.8. The van der Waals surface area contributed by atoms with Crippen LogP contribution in [0.2, 0.25) is 0 Å². The maximum absolute atomic E-state index is 12.8. The summed E-state index contributed by atoms with van der Waals surface area (Å²) in [6.07, 6.45) is 71.5. The monoisotopic (exact) mass is 933 g/mol. The average molecular weight is 933 g/mol. The molecule has 1 atom stereocenters. The summed E-state index contributed by atoms with van der Waals surface area (Å²) in [6, 6.07) is 0. The molecule has 0 bridgehead atoms. The fraction of sp³-hybridized carbons (Fsp3) is 0.721. The molecule has 0 aliphatic heterocycles. The number of hydrogen-bond acceptors (Lipinski definition) is 6. The van der Waals surface area contributed by atoms with Crippen molar-refractivity contribution in [3.05, 3.63) is 85.1 Å². The molecular weight excluding hydrogens is 829 g/mol. The summed E-state index contributed by atoms with van der Waals surface area (Å²) in [5, 5.41) is 0. The fourth-order valence-corrected chi connectivity index (χ4v) is 7.59. The van der Waals surface area contributed by atoms with Crippen LogP contribution in [0.5, 0.6) is 0 Å². The molecule has 0 aromatic rings. The molecule has 0 saturated heterocycles. The largest absolute Gasteiger partial charge is 0.462 e. The van der Waals surface area contributed by atoms with Gasteiger partial charge in [-0.25, -0.2) is 0 Å². The van der Waals surface area contributed by atoms with Crippen LogP contribution in [-0.2, 0) is 28.6 Å². The highest BCUT2D eigenvalue weighted by atomic mass is 16.6. The molecule has 0 heterocycles. The Hall–Kier alpha value is -3.41. The van der Waals surface area contributed by atoms with Gasteiger partial charge in [-0.05, 0) is 109 Å². The number of ether oxygens (including phenoxy) is 3. The van der Waals surface area contributed by atoms with Crippen molar-refractivity contribution in [2.24, 2.45) is 0 Å². The van der Waals surface area contributed by atoms with Gasteiger partial charge in [-0.1, -0.05) is 221 Å². The topological polar surface area (TPSA) is 78.9 Å². The van der Waals surface area contributed by atoms with E-state index in [0.29, 0.717) is 19.3 Å². The van der Waals surface area contributed by atoms with Crippen molar-refractivity contribution < 1.29 is 28.6 Å². The third kappa shape index (κ3) is 53.4. The molecule has 67 heavy (non-hydrogen) atoms. The molecule has 1 unspecified atom stereocenters. The van der Waals surface area contributed by atoms with Crippen molar-refractivity contribution in [1.29, 1.82) is 0 Å². The van der Waals surface area contributed by atoms with Crippen molar-refractivity contribution in [1.82, 2.24) is 0 Å². The molecule has 0 aliphatic carbocycles. The van der Waals surface area contributed by atoms with Crippen LogP contribution in [0.3, 0.4) is 0 Å². The van der Waals surface area contributed by atoms with Gasteiger partial charge in [-0.3, -0.25) is 14.4 Å². The summed E-state index contributed by atoms with van der Waals surface area (Å²) in [5.74, 6) is -1.02. The second kappa shape index (κ2) is 55.2. The van der Waals surface area contributed by atoms with Crippen LogP contribution in [0.15, 0.2) is 85.1 Å². The normalized spacial score (nSPS) is 12.7. The van der Waals surface area contributed by atoms with E-state index in [1.165, 1.54) is 154 Å². The minimum Gasteiger partial charge on any atom is -0.462 e. The highest BCUT2D eigenvalue weighted by Gasteiger charge is 2.19. The maximum Gasteiger partial charge on any atom is 0.306 e. The first kappa shape index (κ1) is 63.6. The first-order valence-electron chi connectivity index (χ1n) is 28.1. The van der Waals surface area contributed by atoms with Gasteiger partial charge in [0.15, 0.2) is 6.10 Å². The summed E-state index contributed by atoms with van der Waals surface area (Å²) in [6.45, 7) is 6.53. The Kier molecular flexibility index (Phi) is 52.4. The van der Waals surface area contributed by atoms with E-state index in [0.717, 1.165) is 57.8 Å². The van der Waals surface area contributed by atoms with Crippen molar-refractivity contribution in [2.45, 2.75) is 271 Å². The molecule has 0 amide bonds. The molecule has 384 valence electrons. The van der Waals surface area contributed by atoms with E-state index in [4.69, 9.17) is 14.2 Å². The van der Waals surface area contributed by atoms with E-state index in [1.807, 2.05) is 0 Å². The minimum atomic E-state index is -0.825. The lowest BCUT2D eigenvalue weighted by molar-refractivity contribution is -0.167. The number of unbranched alkanes of at least 4 members (excludes halogenated alkanes) is 25. The molecule has 6 nitrogen and oxygen atoms in total. The average Bonchev–Trinajstić information content (AvgIpc) is 3.33. The quantitative estimate of drug-likeness (QED) is 0.0262. The van der Waals surface area contributed by atoms with Crippen molar-refractivity contribution in [3.63, 3.8) is 0 Å². The van der Waals surface area contributed by atoms with E-state index in [9.17, 15) is 14.4 Å². The van der Waals surface area contributed by atoms with Gasteiger partial charge in [0.25, 0.3) is 0 Å². The summed E-state index contributed by atoms with van der Waals surface area (Å²) in [4.78, 5) is 38.1. The number of carbonyl (C=O) groups is 3. The highest BCUT2D eigenvalue weighted by Crippen LogP contribution is 2.13. The zero-order valence-corrected chi connectivity index (χ0v) is 43.9. The minimum absolute atomic E-state index is 0.114. The van der Waals surface area contributed by atoms with Gasteiger partial charge in [0.1, 0.15) is 13.2 Å². The molecular formula is C61H104O6. The summed E-state index contributed by atoms with van der Waals surface area (Å²) < 4.78 is 16.7. The van der Waals surface area contributed by atoms with Gasteiger partial charge in [0, 0.05) is 19.3 Å². The van der Waals surface area contributed by atoms with E-state index in [1.54, 1.807) is 0 Å². The Morgan fingerprint density at radius 2 is 0.552 bits per heavy atom. The first-order chi connectivity index (χ1) is 33.0. The second-order valence-corrected chi connectivity index (χ2v) is 18.5. The van der Waals surface area contributed by atoms with Crippen LogP contribution >= 0.6 is 0 Å². The Morgan fingerprint density at radius 1 is 0.299 bits per heavy atom. The summed E-state index contributed by atoms with van der Waals surface area (Å²) in [5.41, 5.74) is 0. The number of hydrogen-bond donors (Lipinski definition) is 0. The van der Waals surface area contributed by atoms with Crippen molar-refractivity contribution in [3.8, 4) is 0 Å². The molecule has 0 N–H and O–H groups in total. The highest BCUT2D eigenvalue weighted by molar-refractivity contribution is 5.71. The SMILES string of the molecule is CCCCCC/C=C\CCCCCCCCCC(=O)OCC(COC(=O)CCC/C=C\C/C=C\C/C=C\CCCCCCCC)OC(=O)CCC/C=C\C/C=C\C/C=C\CCCCCCCC. The molecule has 6 heteroatoms. The van der Waals surface area contributed by atoms with E-state index in [2.05, 4.69) is 106 Å². The van der Waals surface area contributed by atoms with Crippen LogP contribution in [-0.4, -0.2) is 37.2 Å². The second-order valence-electron chi connectivity index (χ2n) is 18.5. The molecule has 0 spiro atoms. The predicted molar refractivity (Wildman–Crippen MR) is 288 cm³/mol. The number of rotatable bonds is 50. The molecule has 0 fully saturated rings. The number of carbonyl (C=O) groups excluding carboxylic acids is 3. The van der Waals surface area contributed by atoms with E-state index in [-0.39, 0.29) is 44.0 Å². The smallest absolute Gasteiger partial charge is 0.306 e. The first-order valence-corrected chi connectivity index (χ1v) is 28.1. The van der Waals surface area contributed by atoms with Gasteiger partial charge in [0.05, 0.1) is 0 Å². The lowest BCUT2D eigenvalue weighted by Crippen LogP contribution is -2.30. The Morgan fingerprint density at radius 3 is 0.925 bits per heavy atom. The standard InChI is InChI=1S/C61H104O6/c1-4-7-10-13-16-19-22-25-28-30-33-36-39-42-45-48-51-54-60(63)66-57-58(56-65-59(62)53-50-47-44-41-38-35-32-27-24-21-18-15-12-9-6-3)67-61(64)55-52-49-46-43-40-37-34-31-29-26-23-20-17-14-11-8-5-2/h21,24-26,28-29,33-34,36-37,42-43,45-46,58H,4-20,22-23,27,30-32,35,38-41,44,47-57H2,1-3H3/b24-21-,28-25-,29-26-,36-33-,37-34-,45-42-,46-43-. The molecule has 0 radical (unpaired) electrons. The van der Waals surface area contributed by atoms with Gasteiger partial charge < -0.3 is 14.2 Å². The number of esters is 3. The molecule has 0 saturated carbocycles. The summed E-state index contributed by atoms with van der Waals surface area (Å²) in [7, 11) is 0. The van der Waals surface area contributed by atoms with Gasteiger partial charge in [-0.15, -0.1) is 0 Å². The zero-order valence-electron chi connectivity index (χ0n) is 43.9. The Bertz CT molecular complexity index is 1300. The van der Waals surface area contributed by atoms with Gasteiger partial charge in [0.2, 0.25) is 0 Å². The van der Waals surface area contributed by atoms with E-state index < -0.39 is 6.10 Å². The van der Waals surface area contributed by atoms with Gasteiger partial charge >= 0.3 is 17.9 Å². The molecule has 0 aromatic carbocycles. The third-order valence-electron chi connectivity index (χ3n) is 11.8. The molecule has 0 aromatic heterocycles. The van der Waals surface area contributed by atoms with E-state index >= 15 is 0 Å². The molecule has 0 rings (SSSR count). The number of allylic oxidation sites excluding steroid dienone is 14. The van der Waals surface area contributed by atoms with Crippen LogP contribution < -0.4 is 0 Å². The molecule has 0 aliphatic rings. The lowest BCUT2D eigenvalue weighted by Gasteiger charge is -2.18. The van der Waals surface area contributed by atoms with Crippen molar-refractivity contribution in [2.75, 3.05) is 13.2 Å². The Balaban J connectivity index is 4.54. The van der Waals surface area contributed by atoms with Crippen molar-refractivity contribution >= 4 is 17.9 Å². The summed E-state index contributed by atoms with van der Waals surface area (Å²) >= 11 is 0. The van der Waals surface area contributed by atoms with Crippen LogP contribution in [0.4, 0.5) is 0 Å². The van der Waals surface area contributed by atoms with Crippen LogP contribution in [0, 0.1) is 0 Å². The maximum atomic E-state index is 12.8. The zero-order chi connectivity index (χ0) is 48.6. The van der Waals surface area contributed by atoms with Crippen LogP contribution in [0.25, 0.3) is 0 Å². The van der Waals surface area contributed by atoms with Crippen LogP contribution in [0.1, 0.15) is 265 Å².